The molecule has 144 valence electrons. The van der Waals surface area contributed by atoms with Gasteiger partial charge in [-0.25, -0.2) is 0 Å². The van der Waals surface area contributed by atoms with Crippen molar-refractivity contribution in [1.29, 1.82) is 0 Å². The Morgan fingerprint density at radius 1 is 1.14 bits per heavy atom. The van der Waals surface area contributed by atoms with E-state index in [2.05, 4.69) is 84.8 Å². The van der Waals surface area contributed by atoms with E-state index in [1.165, 1.54) is 32.6 Å². The summed E-state index contributed by atoms with van der Waals surface area (Å²) in [5, 5.41) is 3.54. The number of hydrogen-bond acceptors (Lipinski definition) is 3. The number of hydrogen-bond donors (Lipinski definition) is 1. The molecule has 0 amide bonds. The molecule has 5 heteroatoms. The summed E-state index contributed by atoms with van der Waals surface area (Å²) < 4.78 is 1.15. The Bertz CT molecular complexity index is 1010. The van der Waals surface area contributed by atoms with Crippen LogP contribution in [-0.4, -0.2) is 47.5 Å². The van der Waals surface area contributed by atoms with Crippen LogP contribution in [0, 0.1) is 0 Å². The second-order valence-electron chi connectivity index (χ2n) is 7.54. The number of H-pyrrole nitrogens is 1. The van der Waals surface area contributed by atoms with Crippen molar-refractivity contribution in [2.45, 2.75) is 12.8 Å². The van der Waals surface area contributed by atoms with Crippen LogP contribution in [0.3, 0.4) is 0 Å². The Morgan fingerprint density at radius 2 is 2.04 bits per heavy atom. The minimum atomic E-state index is 1.07. The van der Waals surface area contributed by atoms with Crippen molar-refractivity contribution in [1.82, 2.24) is 14.8 Å². The lowest BCUT2D eigenvalue weighted by Crippen LogP contribution is -2.46. The minimum absolute atomic E-state index is 1.07. The van der Waals surface area contributed by atoms with Gasteiger partial charge in [-0.1, -0.05) is 45.9 Å². The summed E-state index contributed by atoms with van der Waals surface area (Å²) in [5.41, 5.74) is 5.54. The van der Waals surface area contributed by atoms with Crippen molar-refractivity contribution in [2.24, 2.45) is 0 Å². The summed E-state index contributed by atoms with van der Waals surface area (Å²) in [6.07, 6.45) is 13.4. The quantitative estimate of drug-likeness (QED) is 0.665. The third-order valence-corrected chi connectivity index (χ3v) is 7.33. The summed E-state index contributed by atoms with van der Waals surface area (Å²) in [7, 11) is 0. The molecule has 0 radical (unpaired) electrons. The number of aromatic nitrogens is 1. The van der Waals surface area contributed by atoms with Gasteiger partial charge in [-0.15, -0.1) is 0 Å². The van der Waals surface area contributed by atoms with Gasteiger partial charge in [0.05, 0.1) is 5.70 Å². The summed E-state index contributed by atoms with van der Waals surface area (Å²) in [5.74, 6) is 0. The van der Waals surface area contributed by atoms with Crippen LogP contribution in [0.2, 0.25) is 0 Å². The first kappa shape index (κ1) is 18.3. The second kappa shape index (κ2) is 7.97. The van der Waals surface area contributed by atoms with Gasteiger partial charge in [0.25, 0.3) is 0 Å². The zero-order chi connectivity index (χ0) is 18.9. The Kier molecular flexibility index (Phi) is 5.22. The standard InChI is InChI=1S/C23H24BrN3S/c24-19-6-7-21-20(15-19)18(16-25-21)8-9-26-10-12-27(13-11-26)22-5-1-3-17-4-2-14-28-23(17)22/h1-2,4-7,14-16,25H,3,8-13H2. The SMILES string of the molecule is Brc1ccc2[nH]cc(CCN3CCN(C4=C5SC=CC=C5CC=C4)CC3)c2c1. The lowest BCUT2D eigenvalue weighted by molar-refractivity contribution is 0.163. The number of allylic oxidation sites excluding steroid dienone is 5. The van der Waals surface area contributed by atoms with Gasteiger partial charge in [-0.2, -0.15) is 0 Å². The minimum Gasteiger partial charge on any atom is -0.368 e. The monoisotopic (exact) mass is 453 g/mol. The van der Waals surface area contributed by atoms with Gasteiger partial charge in [0.1, 0.15) is 0 Å². The highest BCUT2D eigenvalue weighted by molar-refractivity contribution is 9.10. The molecular formula is C23H24BrN3S. The maximum absolute atomic E-state index is 3.60. The molecule has 0 spiro atoms. The Balaban J connectivity index is 1.21. The largest absolute Gasteiger partial charge is 0.368 e. The van der Waals surface area contributed by atoms with E-state index in [1.54, 1.807) is 0 Å². The maximum atomic E-state index is 3.60. The molecule has 1 aliphatic carbocycles. The highest BCUT2D eigenvalue weighted by Gasteiger charge is 2.23. The predicted molar refractivity (Wildman–Crippen MR) is 123 cm³/mol. The van der Waals surface area contributed by atoms with Crippen molar-refractivity contribution in [3.8, 4) is 0 Å². The molecule has 2 aromatic rings. The molecule has 28 heavy (non-hydrogen) atoms. The topological polar surface area (TPSA) is 22.3 Å². The predicted octanol–water partition coefficient (Wildman–Crippen LogP) is 5.45. The molecule has 3 aliphatic rings. The summed E-state index contributed by atoms with van der Waals surface area (Å²) >= 11 is 5.48. The van der Waals surface area contributed by atoms with Gasteiger partial charge in [0.15, 0.2) is 0 Å². The van der Waals surface area contributed by atoms with Crippen LogP contribution in [0.5, 0.6) is 0 Å². The number of fused-ring (bicyclic) bond motifs is 2. The van der Waals surface area contributed by atoms with Crippen LogP contribution in [-0.2, 0) is 6.42 Å². The molecule has 2 aliphatic heterocycles. The molecule has 5 rings (SSSR count). The average Bonchev–Trinajstić information content (AvgIpc) is 3.14. The Morgan fingerprint density at radius 3 is 2.93 bits per heavy atom. The van der Waals surface area contributed by atoms with E-state index < -0.39 is 0 Å². The third-order valence-electron chi connectivity index (χ3n) is 5.84. The number of nitrogens with zero attached hydrogens (tertiary/aromatic N) is 2. The van der Waals surface area contributed by atoms with Crippen molar-refractivity contribution < 1.29 is 0 Å². The molecule has 1 aromatic heterocycles. The van der Waals surface area contributed by atoms with E-state index in [-0.39, 0.29) is 0 Å². The van der Waals surface area contributed by atoms with Gasteiger partial charge in [-0.3, -0.25) is 4.90 Å². The fourth-order valence-electron chi connectivity index (χ4n) is 4.27. The molecule has 0 bridgehead atoms. The van der Waals surface area contributed by atoms with E-state index in [0.717, 1.165) is 50.0 Å². The van der Waals surface area contributed by atoms with Crippen LogP contribution >= 0.6 is 27.7 Å². The number of benzene rings is 1. The van der Waals surface area contributed by atoms with Gasteiger partial charge in [0.2, 0.25) is 0 Å². The number of thioether (sulfide) groups is 1. The summed E-state index contributed by atoms with van der Waals surface area (Å²) in [6, 6.07) is 6.47. The van der Waals surface area contributed by atoms with E-state index in [9.17, 15) is 0 Å². The molecule has 3 heterocycles. The van der Waals surface area contributed by atoms with Crippen molar-refractivity contribution in [3.63, 3.8) is 0 Å². The molecular weight excluding hydrogens is 430 g/mol. The fourth-order valence-corrected chi connectivity index (χ4v) is 5.55. The Hall–Kier alpha value is -1.69. The van der Waals surface area contributed by atoms with E-state index >= 15 is 0 Å². The average molecular weight is 454 g/mol. The number of nitrogens with one attached hydrogen (secondary N) is 1. The Labute approximate surface area is 179 Å². The molecule has 0 unspecified atom stereocenters. The molecule has 1 N–H and O–H groups in total. The fraction of sp³-hybridized carbons (Fsp3) is 0.304. The number of aromatic amines is 1. The van der Waals surface area contributed by atoms with E-state index in [0.29, 0.717) is 0 Å². The maximum Gasteiger partial charge on any atom is 0.0508 e. The smallest absolute Gasteiger partial charge is 0.0508 e. The van der Waals surface area contributed by atoms with Crippen LogP contribution < -0.4 is 0 Å². The summed E-state index contributed by atoms with van der Waals surface area (Å²) in [4.78, 5) is 10.0. The lowest BCUT2D eigenvalue weighted by atomic mass is 10.0. The number of piperazine rings is 1. The molecule has 1 fully saturated rings. The first-order valence-electron chi connectivity index (χ1n) is 9.94. The molecule has 3 nitrogen and oxygen atoms in total. The van der Waals surface area contributed by atoms with Crippen LogP contribution in [0.15, 0.2) is 74.8 Å². The van der Waals surface area contributed by atoms with E-state index in [4.69, 9.17) is 0 Å². The van der Waals surface area contributed by atoms with E-state index in [1.807, 2.05) is 11.8 Å². The number of rotatable bonds is 4. The normalized spacial score (nSPS) is 20.0. The van der Waals surface area contributed by atoms with Crippen LogP contribution in [0.1, 0.15) is 12.0 Å². The lowest BCUT2D eigenvalue weighted by Gasteiger charge is -2.38. The van der Waals surface area contributed by atoms with Gasteiger partial charge in [-0.05, 0) is 53.7 Å². The first-order chi connectivity index (χ1) is 13.8. The van der Waals surface area contributed by atoms with Crippen LogP contribution in [0.25, 0.3) is 10.9 Å². The highest BCUT2D eigenvalue weighted by Crippen LogP contribution is 2.38. The number of halogens is 1. The molecule has 0 saturated carbocycles. The third kappa shape index (κ3) is 3.63. The highest BCUT2D eigenvalue weighted by atomic mass is 79.9. The van der Waals surface area contributed by atoms with Crippen LogP contribution in [0.4, 0.5) is 0 Å². The molecule has 0 atom stereocenters. The van der Waals surface area contributed by atoms with Crippen molar-refractivity contribution in [3.05, 3.63) is 80.3 Å². The van der Waals surface area contributed by atoms with Gasteiger partial charge >= 0.3 is 0 Å². The zero-order valence-electron chi connectivity index (χ0n) is 15.8. The summed E-state index contributed by atoms with van der Waals surface area (Å²) in [6.45, 7) is 5.62. The second-order valence-corrected chi connectivity index (χ2v) is 9.37. The zero-order valence-corrected chi connectivity index (χ0v) is 18.2. The van der Waals surface area contributed by atoms with Crippen molar-refractivity contribution >= 4 is 38.6 Å². The van der Waals surface area contributed by atoms with Crippen molar-refractivity contribution in [2.75, 3.05) is 32.7 Å². The van der Waals surface area contributed by atoms with Gasteiger partial charge in [0, 0.05) is 59.2 Å². The molecule has 1 saturated heterocycles. The van der Waals surface area contributed by atoms with Gasteiger partial charge < -0.3 is 9.88 Å². The first-order valence-corrected chi connectivity index (χ1v) is 11.6. The molecule has 1 aromatic carbocycles.